The van der Waals surface area contributed by atoms with Crippen molar-refractivity contribution in [1.82, 2.24) is 5.32 Å². The Hall–Kier alpha value is -1.10. The van der Waals surface area contributed by atoms with Gasteiger partial charge in [-0.2, -0.15) is 0 Å². The molecule has 5 heteroatoms. The van der Waals surface area contributed by atoms with Gasteiger partial charge in [0.15, 0.2) is 0 Å². The van der Waals surface area contributed by atoms with Crippen molar-refractivity contribution in [1.29, 1.82) is 0 Å². The number of rotatable bonds is 5. The van der Waals surface area contributed by atoms with Gasteiger partial charge in [-0.1, -0.05) is 27.7 Å². The Bertz CT molecular complexity index is 258. The van der Waals surface area contributed by atoms with E-state index < -0.39 is 12.0 Å². The maximum absolute atomic E-state index is 11.7. The Labute approximate surface area is 96.4 Å². The van der Waals surface area contributed by atoms with Gasteiger partial charge < -0.3 is 16.2 Å². The number of carbonyl (C=O) groups excluding carboxylic acids is 1. The number of nitrogens with two attached hydrogens (primary N) is 1. The summed E-state index contributed by atoms with van der Waals surface area (Å²) in [5.74, 6) is -1.21. The average molecular weight is 230 g/mol. The number of carboxylic acids is 1. The van der Waals surface area contributed by atoms with Crippen molar-refractivity contribution in [3.05, 3.63) is 0 Å². The van der Waals surface area contributed by atoms with E-state index in [-0.39, 0.29) is 23.8 Å². The summed E-state index contributed by atoms with van der Waals surface area (Å²) in [5.41, 5.74) is 5.44. The number of aliphatic carboxylic acids is 1. The summed E-state index contributed by atoms with van der Waals surface area (Å²) in [6, 6.07) is -0.978. The molecule has 4 N–H and O–H groups in total. The van der Waals surface area contributed by atoms with Gasteiger partial charge >= 0.3 is 5.97 Å². The maximum Gasteiger partial charge on any atom is 0.305 e. The van der Waals surface area contributed by atoms with E-state index in [9.17, 15) is 9.59 Å². The lowest BCUT2D eigenvalue weighted by Gasteiger charge is -2.27. The molecule has 0 spiro atoms. The van der Waals surface area contributed by atoms with Crippen molar-refractivity contribution >= 4 is 11.9 Å². The third-order valence-corrected chi connectivity index (χ3v) is 2.48. The zero-order valence-corrected chi connectivity index (χ0v) is 10.4. The highest BCUT2D eigenvalue weighted by Gasteiger charge is 2.28. The molecule has 0 saturated heterocycles. The van der Waals surface area contributed by atoms with Crippen LogP contribution in [0.1, 0.15) is 40.5 Å². The minimum Gasteiger partial charge on any atom is -0.481 e. The Balaban J connectivity index is 4.36. The van der Waals surface area contributed by atoms with Crippen molar-refractivity contribution in [3.63, 3.8) is 0 Å². The SMILES string of the molecule is CCC(CC(=O)O)NC(=O)[C@H](N)C(C)(C)C. The molecule has 0 aromatic heterocycles. The van der Waals surface area contributed by atoms with Gasteiger partial charge in [0.25, 0.3) is 0 Å². The molecule has 0 aromatic carbocycles. The topological polar surface area (TPSA) is 92.4 Å². The van der Waals surface area contributed by atoms with E-state index in [4.69, 9.17) is 10.8 Å². The van der Waals surface area contributed by atoms with Crippen LogP contribution in [0.5, 0.6) is 0 Å². The second kappa shape index (κ2) is 5.84. The predicted octanol–water partition coefficient (Wildman–Crippen LogP) is 0.729. The van der Waals surface area contributed by atoms with Crippen molar-refractivity contribution in [2.45, 2.75) is 52.6 Å². The van der Waals surface area contributed by atoms with Crippen LogP contribution in [0.2, 0.25) is 0 Å². The summed E-state index contributed by atoms with van der Waals surface area (Å²) in [5, 5.41) is 11.3. The molecule has 0 aliphatic rings. The Morgan fingerprint density at radius 1 is 1.38 bits per heavy atom. The molecule has 1 amide bonds. The molecule has 0 fully saturated rings. The van der Waals surface area contributed by atoms with Crippen LogP contribution in [0.4, 0.5) is 0 Å². The van der Waals surface area contributed by atoms with Gasteiger partial charge in [0, 0.05) is 6.04 Å². The largest absolute Gasteiger partial charge is 0.481 e. The number of carbonyl (C=O) groups is 2. The molecule has 1 unspecified atom stereocenters. The molecule has 0 aliphatic carbocycles. The molecule has 5 nitrogen and oxygen atoms in total. The molecular formula is C11H22N2O3. The summed E-state index contributed by atoms with van der Waals surface area (Å²) < 4.78 is 0. The van der Waals surface area contributed by atoms with Crippen LogP contribution in [-0.2, 0) is 9.59 Å². The third kappa shape index (κ3) is 5.11. The Kier molecular flexibility index (Phi) is 5.44. The van der Waals surface area contributed by atoms with Crippen LogP contribution in [0, 0.1) is 5.41 Å². The van der Waals surface area contributed by atoms with Crippen LogP contribution in [-0.4, -0.2) is 29.1 Å². The fourth-order valence-corrected chi connectivity index (χ4v) is 1.19. The number of nitrogens with one attached hydrogen (secondary N) is 1. The van der Waals surface area contributed by atoms with E-state index in [0.717, 1.165) is 0 Å². The van der Waals surface area contributed by atoms with Crippen molar-refractivity contribution in [2.75, 3.05) is 0 Å². The Morgan fingerprint density at radius 2 is 1.88 bits per heavy atom. The highest BCUT2D eigenvalue weighted by atomic mass is 16.4. The van der Waals surface area contributed by atoms with Crippen LogP contribution >= 0.6 is 0 Å². The van der Waals surface area contributed by atoms with Gasteiger partial charge in [-0.15, -0.1) is 0 Å². The monoisotopic (exact) mass is 230 g/mol. The first-order chi connectivity index (χ1) is 7.18. The summed E-state index contributed by atoms with van der Waals surface area (Å²) in [4.78, 5) is 22.2. The predicted molar refractivity (Wildman–Crippen MR) is 61.9 cm³/mol. The van der Waals surface area contributed by atoms with Crippen LogP contribution in [0.15, 0.2) is 0 Å². The van der Waals surface area contributed by atoms with Crippen molar-refractivity contribution < 1.29 is 14.7 Å². The summed E-state index contributed by atoms with van der Waals surface area (Å²) >= 11 is 0. The minimum absolute atomic E-state index is 0.0703. The molecular weight excluding hydrogens is 208 g/mol. The molecule has 0 radical (unpaired) electrons. The fraction of sp³-hybridized carbons (Fsp3) is 0.818. The molecule has 0 aliphatic heterocycles. The lowest BCUT2D eigenvalue weighted by Crippen LogP contribution is -2.51. The van der Waals surface area contributed by atoms with E-state index in [1.165, 1.54) is 0 Å². The Morgan fingerprint density at radius 3 is 2.19 bits per heavy atom. The summed E-state index contributed by atoms with van der Waals surface area (Å²) in [7, 11) is 0. The first-order valence-corrected chi connectivity index (χ1v) is 5.46. The lowest BCUT2D eigenvalue weighted by molar-refractivity contribution is -0.137. The van der Waals surface area contributed by atoms with E-state index in [1.54, 1.807) is 0 Å². The zero-order chi connectivity index (χ0) is 12.9. The highest BCUT2D eigenvalue weighted by molar-refractivity contribution is 5.83. The number of hydrogen-bond donors (Lipinski definition) is 3. The fourth-order valence-electron chi connectivity index (χ4n) is 1.19. The zero-order valence-electron chi connectivity index (χ0n) is 10.4. The number of hydrogen-bond acceptors (Lipinski definition) is 3. The van der Waals surface area contributed by atoms with E-state index in [1.807, 2.05) is 27.7 Å². The molecule has 0 saturated carbocycles. The molecule has 16 heavy (non-hydrogen) atoms. The van der Waals surface area contributed by atoms with Gasteiger partial charge in [0.05, 0.1) is 12.5 Å². The molecule has 0 aromatic rings. The third-order valence-electron chi connectivity index (χ3n) is 2.48. The number of carboxylic acid groups (broad SMARTS) is 1. The lowest BCUT2D eigenvalue weighted by atomic mass is 9.86. The second-order valence-corrected chi connectivity index (χ2v) is 5.06. The molecule has 2 atom stereocenters. The van der Waals surface area contributed by atoms with Crippen LogP contribution in [0.3, 0.4) is 0 Å². The first kappa shape index (κ1) is 14.9. The first-order valence-electron chi connectivity index (χ1n) is 5.46. The molecule has 94 valence electrons. The molecule has 0 bridgehead atoms. The maximum atomic E-state index is 11.7. The number of amides is 1. The van der Waals surface area contributed by atoms with Crippen LogP contribution in [0.25, 0.3) is 0 Å². The molecule has 0 rings (SSSR count). The standard InChI is InChI=1S/C11H22N2O3/c1-5-7(6-8(14)15)13-10(16)9(12)11(2,3)4/h7,9H,5-6,12H2,1-4H3,(H,13,16)(H,14,15)/t7?,9-/m0/s1. The van der Waals surface area contributed by atoms with E-state index in [2.05, 4.69) is 5.32 Å². The second-order valence-electron chi connectivity index (χ2n) is 5.06. The van der Waals surface area contributed by atoms with Gasteiger partial charge in [-0.3, -0.25) is 9.59 Å². The van der Waals surface area contributed by atoms with E-state index >= 15 is 0 Å². The minimum atomic E-state index is -0.920. The van der Waals surface area contributed by atoms with Gasteiger partial charge in [-0.05, 0) is 11.8 Å². The normalized spacial score (nSPS) is 15.3. The van der Waals surface area contributed by atoms with Gasteiger partial charge in [0.1, 0.15) is 0 Å². The molecule has 0 heterocycles. The van der Waals surface area contributed by atoms with Gasteiger partial charge in [-0.25, -0.2) is 0 Å². The summed E-state index contributed by atoms with van der Waals surface area (Å²) in [6.45, 7) is 7.44. The average Bonchev–Trinajstić information content (AvgIpc) is 2.13. The van der Waals surface area contributed by atoms with Crippen LogP contribution < -0.4 is 11.1 Å². The van der Waals surface area contributed by atoms with Crippen molar-refractivity contribution in [3.8, 4) is 0 Å². The quantitative estimate of drug-likeness (QED) is 0.649. The van der Waals surface area contributed by atoms with Crippen molar-refractivity contribution in [2.24, 2.45) is 11.1 Å². The smallest absolute Gasteiger partial charge is 0.305 e. The van der Waals surface area contributed by atoms with E-state index in [0.29, 0.717) is 6.42 Å². The highest BCUT2D eigenvalue weighted by Crippen LogP contribution is 2.17. The summed E-state index contributed by atoms with van der Waals surface area (Å²) in [6.07, 6.45) is 0.508. The van der Waals surface area contributed by atoms with Gasteiger partial charge in [0.2, 0.25) is 5.91 Å².